The molecule has 0 aliphatic carbocycles. The summed E-state index contributed by atoms with van der Waals surface area (Å²) in [6.45, 7) is 0. The van der Waals surface area contributed by atoms with Crippen LogP contribution >= 0.6 is 15.9 Å². The summed E-state index contributed by atoms with van der Waals surface area (Å²) in [6.07, 6.45) is -3.73. The van der Waals surface area contributed by atoms with Crippen molar-refractivity contribution >= 4 is 43.7 Å². The third-order valence-corrected chi connectivity index (χ3v) is 6.06. The molecule has 1 aromatic carbocycles. The van der Waals surface area contributed by atoms with Crippen molar-refractivity contribution in [1.29, 1.82) is 0 Å². The van der Waals surface area contributed by atoms with Gasteiger partial charge in [0.25, 0.3) is 0 Å². The van der Waals surface area contributed by atoms with E-state index in [4.69, 9.17) is 20.4 Å². The number of anilines is 1. The SMILES string of the molecule is COc1ccccc1C(C(=O)O)N(C)S(=O)(=O)c1cc(Br)cnc1N.O=C(O)C(F)(F)F. The first-order chi connectivity index (χ1) is 14.6. The number of aliphatic carboxylic acids is 2. The molecule has 4 N–H and O–H groups in total. The largest absolute Gasteiger partial charge is 0.496 e. The summed E-state index contributed by atoms with van der Waals surface area (Å²) < 4.78 is 63.8. The van der Waals surface area contributed by atoms with Crippen molar-refractivity contribution < 1.29 is 46.1 Å². The molecule has 0 saturated heterocycles. The molecule has 2 rings (SSSR count). The number of likely N-dealkylation sites (N-methyl/N-ethyl adjacent to an activating group) is 1. The average Bonchev–Trinajstić information content (AvgIpc) is 2.69. The zero-order valence-electron chi connectivity index (χ0n) is 16.4. The number of rotatable bonds is 6. The minimum Gasteiger partial charge on any atom is -0.496 e. The fourth-order valence-electron chi connectivity index (χ4n) is 2.31. The Morgan fingerprint density at radius 1 is 1.25 bits per heavy atom. The standard InChI is InChI=1S/C15H16BrN3O5S.C2HF3O2/c1-19(25(22,23)12-7-9(16)8-18-14(12)17)13(15(20)21)10-5-3-4-6-11(10)24-2;3-2(4,5)1(6)7/h3-8,13H,1-2H3,(H2,17,18)(H,20,21);(H,6,7). The number of benzene rings is 1. The van der Waals surface area contributed by atoms with Gasteiger partial charge in [0, 0.05) is 23.3 Å². The molecular weight excluding hydrogens is 527 g/mol. The van der Waals surface area contributed by atoms with E-state index in [1.807, 2.05) is 0 Å². The van der Waals surface area contributed by atoms with Gasteiger partial charge >= 0.3 is 18.1 Å². The van der Waals surface area contributed by atoms with E-state index in [0.29, 0.717) is 4.47 Å². The number of aromatic nitrogens is 1. The maximum Gasteiger partial charge on any atom is 0.490 e. The van der Waals surface area contributed by atoms with Gasteiger partial charge in [-0.3, -0.25) is 4.79 Å². The van der Waals surface area contributed by atoms with Crippen LogP contribution in [0.25, 0.3) is 0 Å². The molecule has 0 aliphatic rings. The van der Waals surface area contributed by atoms with Crippen molar-refractivity contribution in [2.24, 2.45) is 0 Å². The Balaban J connectivity index is 0.000000633. The van der Waals surface area contributed by atoms with Gasteiger partial charge in [-0.05, 0) is 28.1 Å². The number of carboxylic acids is 2. The van der Waals surface area contributed by atoms with Crippen LogP contribution in [0.15, 0.2) is 45.9 Å². The highest BCUT2D eigenvalue weighted by molar-refractivity contribution is 9.10. The first kappa shape index (κ1) is 27.1. The van der Waals surface area contributed by atoms with Gasteiger partial charge in [0.15, 0.2) is 6.04 Å². The van der Waals surface area contributed by atoms with Gasteiger partial charge in [0.05, 0.1) is 7.11 Å². The Morgan fingerprint density at radius 3 is 2.25 bits per heavy atom. The van der Waals surface area contributed by atoms with Crippen LogP contribution in [0.2, 0.25) is 0 Å². The van der Waals surface area contributed by atoms with Gasteiger partial charge in [0.1, 0.15) is 16.5 Å². The molecule has 1 heterocycles. The number of hydrogen-bond donors (Lipinski definition) is 3. The Kier molecular flexibility index (Phi) is 8.99. The minimum atomic E-state index is -5.08. The smallest absolute Gasteiger partial charge is 0.490 e. The lowest BCUT2D eigenvalue weighted by Gasteiger charge is -2.26. The van der Waals surface area contributed by atoms with E-state index >= 15 is 0 Å². The second kappa shape index (κ2) is 10.6. The van der Waals surface area contributed by atoms with Gasteiger partial charge in [-0.15, -0.1) is 0 Å². The van der Waals surface area contributed by atoms with Crippen molar-refractivity contribution in [1.82, 2.24) is 9.29 Å². The van der Waals surface area contributed by atoms with Crippen molar-refractivity contribution in [2.45, 2.75) is 17.1 Å². The highest BCUT2D eigenvalue weighted by Gasteiger charge is 2.38. The number of para-hydroxylation sites is 1. The fourth-order valence-corrected chi connectivity index (χ4v) is 4.18. The summed E-state index contributed by atoms with van der Waals surface area (Å²) in [5.41, 5.74) is 5.87. The van der Waals surface area contributed by atoms with Crippen LogP contribution in [0.1, 0.15) is 11.6 Å². The molecule has 0 saturated carbocycles. The van der Waals surface area contributed by atoms with Crippen molar-refractivity contribution in [3.63, 3.8) is 0 Å². The zero-order valence-corrected chi connectivity index (χ0v) is 18.8. The van der Waals surface area contributed by atoms with E-state index in [1.54, 1.807) is 18.2 Å². The number of hydrogen-bond acceptors (Lipinski definition) is 7. The number of nitrogen functional groups attached to an aromatic ring is 1. The third-order valence-electron chi connectivity index (χ3n) is 3.78. The fraction of sp³-hybridized carbons (Fsp3) is 0.235. The topological polar surface area (TPSA) is 160 Å². The van der Waals surface area contributed by atoms with Gasteiger partial charge in [-0.2, -0.15) is 17.5 Å². The van der Waals surface area contributed by atoms with Crippen LogP contribution in [0.3, 0.4) is 0 Å². The van der Waals surface area contributed by atoms with E-state index in [9.17, 15) is 31.5 Å². The van der Waals surface area contributed by atoms with Gasteiger partial charge in [-0.25, -0.2) is 18.2 Å². The van der Waals surface area contributed by atoms with E-state index < -0.39 is 34.2 Å². The molecule has 1 aromatic heterocycles. The number of carbonyl (C=O) groups is 2. The molecule has 1 atom stereocenters. The summed E-state index contributed by atoms with van der Waals surface area (Å²) in [5, 5.41) is 16.8. The Labute approximate surface area is 188 Å². The highest BCUT2D eigenvalue weighted by Crippen LogP contribution is 2.33. The van der Waals surface area contributed by atoms with E-state index in [2.05, 4.69) is 20.9 Å². The molecule has 15 heteroatoms. The maximum absolute atomic E-state index is 12.9. The molecule has 10 nitrogen and oxygen atoms in total. The number of pyridine rings is 1. The summed E-state index contributed by atoms with van der Waals surface area (Å²) in [4.78, 5) is 24.2. The second-order valence-corrected chi connectivity index (χ2v) is 8.73. The summed E-state index contributed by atoms with van der Waals surface area (Å²) >= 11 is 3.13. The molecule has 0 radical (unpaired) electrons. The quantitative estimate of drug-likeness (QED) is 0.497. The molecule has 2 aromatic rings. The van der Waals surface area contributed by atoms with Crippen molar-refractivity contribution in [3.8, 4) is 5.75 Å². The van der Waals surface area contributed by atoms with Crippen LogP contribution in [-0.2, 0) is 19.6 Å². The lowest BCUT2D eigenvalue weighted by atomic mass is 10.1. The number of halogens is 4. The predicted molar refractivity (Wildman–Crippen MR) is 108 cm³/mol. The molecule has 176 valence electrons. The van der Waals surface area contributed by atoms with Gasteiger partial charge in [-0.1, -0.05) is 18.2 Å². The number of carboxylic acid groups (broad SMARTS) is 2. The van der Waals surface area contributed by atoms with Crippen molar-refractivity contribution in [2.75, 3.05) is 19.9 Å². The summed E-state index contributed by atoms with van der Waals surface area (Å²) in [7, 11) is -1.69. The molecule has 0 spiro atoms. The first-order valence-electron chi connectivity index (χ1n) is 8.19. The van der Waals surface area contributed by atoms with E-state index in [1.165, 1.54) is 32.5 Å². The minimum absolute atomic E-state index is 0.199. The molecular formula is C17H17BrF3N3O7S. The van der Waals surface area contributed by atoms with Crippen LogP contribution < -0.4 is 10.5 Å². The molecule has 0 fully saturated rings. The van der Waals surface area contributed by atoms with Crippen molar-refractivity contribution in [3.05, 3.63) is 46.6 Å². The number of alkyl halides is 3. The Hall–Kier alpha value is -2.91. The Bertz CT molecular complexity index is 1100. The highest BCUT2D eigenvalue weighted by atomic mass is 79.9. The second-order valence-electron chi connectivity index (χ2n) is 5.84. The van der Waals surface area contributed by atoms with Gasteiger partial charge < -0.3 is 20.7 Å². The van der Waals surface area contributed by atoms with E-state index in [0.717, 1.165) is 4.31 Å². The monoisotopic (exact) mass is 543 g/mol. The van der Waals surface area contributed by atoms with Crippen LogP contribution in [0.5, 0.6) is 5.75 Å². The average molecular weight is 544 g/mol. The molecule has 0 bridgehead atoms. The third kappa shape index (κ3) is 6.54. The lowest BCUT2D eigenvalue weighted by Crippen LogP contribution is -2.36. The van der Waals surface area contributed by atoms with Crippen LogP contribution in [-0.4, -0.2) is 60.2 Å². The number of nitrogens with two attached hydrogens (primary N) is 1. The van der Waals surface area contributed by atoms with Gasteiger partial charge in [0.2, 0.25) is 10.0 Å². The summed E-state index contributed by atoms with van der Waals surface area (Å²) in [5.74, 6) is -4.07. The normalized spacial score (nSPS) is 12.5. The number of sulfonamides is 1. The zero-order chi connectivity index (χ0) is 24.9. The van der Waals surface area contributed by atoms with Crippen LogP contribution in [0, 0.1) is 0 Å². The maximum atomic E-state index is 12.9. The number of nitrogens with zero attached hydrogens (tertiary/aromatic N) is 2. The van der Waals surface area contributed by atoms with E-state index in [-0.39, 0.29) is 22.0 Å². The molecule has 0 aliphatic heterocycles. The first-order valence-corrected chi connectivity index (χ1v) is 10.4. The van der Waals surface area contributed by atoms with Crippen LogP contribution in [0.4, 0.5) is 19.0 Å². The lowest BCUT2D eigenvalue weighted by molar-refractivity contribution is -0.192. The molecule has 1 unspecified atom stereocenters. The number of methoxy groups -OCH3 is 1. The predicted octanol–water partition coefficient (Wildman–Crippen LogP) is 2.51. The molecule has 0 amide bonds. The molecule has 32 heavy (non-hydrogen) atoms. The number of ether oxygens (including phenoxy) is 1. The summed E-state index contributed by atoms with van der Waals surface area (Å²) in [6, 6.07) is 6.08. The Morgan fingerprint density at radius 2 is 1.78 bits per heavy atom.